The van der Waals surface area contributed by atoms with Crippen LogP contribution in [-0.4, -0.2) is 36.8 Å². The summed E-state index contributed by atoms with van der Waals surface area (Å²) in [5.41, 5.74) is 5.44. The number of nitrogens with zero attached hydrogens (tertiary/aromatic N) is 1. The summed E-state index contributed by atoms with van der Waals surface area (Å²) in [4.78, 5) is 0.195. The molecule has 0 aromatic carbocycles. The molecule has 1 fully saturated rings. The van der Waals surface area contributed by atoms with Crippen LogP contribution < -0.4 is 10.5 Å². The maximum absolute atomic E-state index is 11.8. The molecule has 1 aliphatic heterocycles. The average Bonchev–Trinajstić information content (AvgIpc) is 2.67. The lowest BCUT2D eigenvalue weighted by molar-refractivity contribution is 0.460. The summed E-state index contributed by atoms with van der Waals surface area (Å²) >= 11 is 4.79. The van der Waals surface area contributed by atoms with Crippen molar-refractivity contribution in [2.45, 2.75) is 32.2 Å². The normalized spacial score (nSPS) is 20.3. The van der Waals surface area contributed by atoms with E-state index in [1.807, 2.05) is 6.92 Å². The third-order valence-electron chi connectivity index (χ3n) is 2.45. The highest BCUT2D eigenvalue weighted by atomic mass is 32.2. The SMILES string of the molecule is CCC(NS(=O)(=O)N1CCCC1)C(N)=S. The highest BCUT2D eigenvalue weighted by Crippen LogP contribution is 2.12. The van der Waals surface area contributed by atoms with Crippen LogP contribution in [0.1, 0.15) is 26.2 Å². The van der Waals surface area contributed by atoms with Gasteiger partial charge in [0.05, 0.1) is 11.0 Å². The van der Waals surface area contributed by atoms with Gasteiger partial charge in [-0.15, -0.1) is 0 Å². The van der Waals surface area contributed by atoms with Crippen LogP contribution in [0.2, 0.25) is 0 Å². The zero-order valence-electron chi connectivity index (χ0n) is 8.77. The smallest absolute Gasteiger partial charge is 0.280 e. The van der Waals surface area contributed by atoms with E-state index in [0.29, 0.717) is 19.5 Å². The van der Waals surface area contributed by atoms with Crippen molar-refractivity contribution in [1.82, 2.24) is 9.03 Å². The molecule has 1 unspecified atom stereocenters. The molecular formula is C8H17N3O2S2. The van der Waals surface area contributed by atoms with Gasteiger partial charge in [-0.1, -0.05) is 19.1 Å². The van der Waals surface area contributed by atoms with Crippen molar-refractivity contribution in [1.29, 1.82) is 0 Å². The summed E-state index contributed by atoms with van der Waals surface area (Å²) < 4.78 is 27.6. The summed E-state index contributed by atoms with van der Waals surface area (Å²) in [6, 6.07) is -0.439. The maximum Gasteiger partial charge on any atom is 0.280 e. The van der Waals surface area contributed by atoms with Crippen LogP contribution in [-0.2, 0) is 10.2 Å². The Labute approximate surface area is 96.2 Å². The van der Waals surface area contributed by atoms with Crippen LogP contribution in [0.3, 0.4) is 0 Å². The van der Waals surface area contributed by atoms with E-state index < -0.39 is 16.3 Å². The van der Waals surface area contributed by atoms with Gasteiger partial charge in [-0.3, -0.25) is 0 Å². The van der Waals surface area contributed by atoms with Crippen LogP contribution in [0.15, 0.2) is 0 Å². The molecule has 0 bridgehead atoms. The highest BCUT2D eigenvalue weighted by Gasteiger charge is 2.27. The lowest BCUT2D eigenvalue weighted by atomic mass is 10.2. The topological polar surface area (TPSA) is 75.4 Å². The third kappa shape index (κ3) is 3.37. The second-order valence-electron chi connectivity index (χ2n) is 3.59. The van der Waals surface area contributed by atoms with Gasteiger partial charge in [0.15, 0.2) is 0 Å². The molecule has 0 radical (unpaired) electrons. The second kappa shape index (κ2) is 5.20. The Morgan fingerprint density at radius 3 is 2.47 bits per heavy atom. The molecule has 7 heteroatoms. The van der Waals surface area contributed by atoms with Gasteiger partial charge in [-0.25, -0.2) is 0 Å². The van der Waals surface area contributed by atoms with Crippen molar-refractivity contribution in [3.8, 4) is 0 Å². The minimum Gasteiger partial charge on any atom is -0.392 e. The first-order chi connectivity index (χ1) is 6.97. The average molecular weight is 251 g/mol. The molecule has 0 spiro atoms. The van der Waals surface area contributed by atoms with Crippen LogP contribution in [0.4, 0.5) is 0 Å². The Morgan fingerprint density at radius 2 is 2.07 bits per heavy atom. The molecule has 3 N–H and O–H groups in total. The Kier molecular flexibility index (Phi) is 4.45. The fourth-order valence-corrected chi connectivity index (χ4v) is 3.37. The molecule has 1 heterocycles. The molecule has 1 aliphatic rings. The van der Waals surface area contributed by atoms with Crippen molar-refractivity contribution < 1.29 is 8.42 Å². The minimum atomic E-state index is -3.40. The second-order valence-corrected chi connectivity index (χ2v) is 5.77. The van der Waals surface area contributed by atoms with Gasteiger partial charge < -0.3 is 5.73 Å². The molecule has 15 heavy (non-hydrogen) atoms. The summed E-state index contributed by atoms with van der Waals surface area (Å²) in [6.45, 7) is 3.02. The first-order valence-corrected chi connectivity index (χ1v) is 6.89. The van der Waals surface area contributed by atoms with E-state index in [-0.39, 0.29) is 4.99 Å². The van der Waals surface area contributed by atoms with Crippen molar-refractivity contribution in [3.05, 3.63) is 0 Å². The van der Waals surface area contributed by atoms with E-state index >= 15 is 0 Å². The number of nitrogens with two attached hydrogens (primary N) is 1. The third-order valence-corrected chi connectivity index (χ3v) is 4.36. The summed E-state index contributed by atoms with van der Waals surface area (Å²) in [5.74, 6) is 0. The number of hydrogen-bond acceptors (Lipinski definition) is 3. The Morgan fingerprint density at radius 1 is 1.53 bits per heavy atom. The lowest BCUT2D eigenvalue weighted by Crippen LogP contribution is -2.48. The largest absolute Gasteiger partial charge is 0.392 e. The summed E-state index contributed by atoms with van der Waals surface area (Å²) in [6.07, 6.45) is 2.41. The molecule has 0 aliphatic carbocycles. The van der Waals surface area contributed by atoms with Crippen LogP contribution in [0.5, 0.6) is 0 Å². The Hall–Kier alpha value is -0.240. The quantitative estimate of drug-likeness (QED) is 0.673. The van der Waals surface area contributed by atoms with E-state index in [1.54, 1.807) is 0 Å². The number of nitrogens with one attached hydrogen (secondary N) is 1. The van der Waals surface area contributed by atoms with E-state index in [4.69, 9.17) is 18.0 Å². The molecule has 0 aromatic rings. The molecule has 0 saturated carbocycles. The molecule has 1 rings (SSSR count). The van der Waals surface area contributed by atoms with Gasteiger partial charge in [0.25, 0.3) is 10.2 Å². The fourth-order valence-electron chi connectivity index (χ4n) is 1.53. The van der Waals surface area contributed by atoms with Gasteiger partial charge in [0.2, 0.25) is 0 Å². The standard InChI is InChI=1S/C8H17N3O2S2/c1-2-7(8(9)14)10-15(12,13)11-5-3-4-6-11/h7,10H,2-6H2,1H3,(H2,9,14). The molecule has 1 atom stereocenters. The van der Waals surface area contributed by atoms with Crippen LogP contribution in [0, 0.1) is 0 Å². The first kappa shape index (κ1) is 12.8. The fraction of sp³-hybridized carbons (Fsp3) is 0.875. The zero-order chi connectivity index (χ0) is 11.5. The molecule has 0 amide bonds. The predicted octanol–water partition coefficient (Wildman–Crippen LogP) is -0.0187. The van der Waals surface area contributed by atoms with Crippen molar-refractivity contribution in [2.24, 2.45) is 5.73 Å². The minimum absolute atomic E-state index is 0.195. The van der Waals surface area contributed by atoms with E-state index in [2.05, 4.69) is 4.72 Å². The monoisotopic (exact) mass is 251 g/mol. The molecule has 1 saturated heterocycles. The number of rotatable bonds is 5. The Bertz CT molecular complexity index is 323. The molecule has 5 nitrogen and oxygen atoms in total. The van der Waals surface area contributed by atoms with Gasteiger partial charge in [0, 0.05) is 13.1 Å². The molecular weight excluding hydrogens is 234 g/mol. The van der Waals surface area contributed by atoms with Crippen LogP contribution >= 0.6 is 12.2 Å². The lowest BCUT2D eigenvalue weighted by Gasteiger charge is -2.21. The number of thiocarbonyl (C=S) groups is 1. The summed E-state index contributed by atoms with van der Waals surface area (Å²) in [7, 11) is -3.40. The predicted molar refractivity (Wildman–Crippen MR) is 63.7 cm³/mol. The van der Waals surface area contributed by atoms with E-state index in [9.17, 15) is 8.42 Å². The van der Waals surface area contributed by atoms with Gasteiger partial charge in [-0.05, 0) is 19.3 Å². The van der Waals surface area contributed by atoms with Gasteiger partial charge in [0.1, 0.15) is 0 Å². The van der Waals surface area contributed by atoms with Crippen molar-refractivity contribution in [2.75, 3.05) is 13.1 Å². The van der Waals surface area contributed by atoms with Crippen molar-refractivity contribution in [3.63, 3.8) is 0 Å². The summed E-state index contributed by atoms with van der Waals surface area (Å²) in [5, 5.41) is 0. The number of hydrogen-bond donors (Lipinski definition) is 2. The maximum atomic E-state index is 11.8. The highest BCUT2D eigenvalue weighted by molar-refractivity contribution is 7.87. The van der Waals surface area contributed by atoms with Gasteiger partial charge >= 0.3 is 0 Å². The Balaban J connectivity index is 2.65. The molecule has 0 aromatic heterocycles. The first-order valence-electron chi connectivity index (χ1n) is 5.04. The van der Waals surface area contributed by atoms with E-state index in [1.165, 1.54) is 4.31 Å². The van der Waals surface area contributed by atoms with Crippen molar-refractivity contribution >= 4 is 27.4 Å². The zero-order valence-corrected chi connectivity index (χ0v) is 10.4. The molecule has 88 valence electrons. The van der Waals surface area contributed by atoms with Gasteiger partial charge in [-0.2, -0.15) is 17.4 Å². The van der Waals surface area contributed by atoms with Crippen LogP contribution in [0.25, 0.3) is 0 Å². The van der Waals surface area contributed by atoms with E-state index in [0.717, 1.165) is 12.8 Å².